The van der Waals surface area contributed by atoms with E-state index in [1.54, 1.807) is 17.8 Å². The van der Waals surface area contributed by atoms with Crippen molar-refractivity contribution in [3.05, 3.63) is 28.2 Å². The minimum atomic E-state index is -0.364. The van der Waals surface area contributed by atoms with Gasteiger partial charge in [0.25, 0.3) is 0 Å². The molecule has 1 saturated carbocycles. The van der Waals surface area contributed by atoms with Crippen molar-refractivity contribution < 1.29 is 0 Å². The van der Waals surface area contributed by atoms with Gasteiger partial charge in [-0.05, 0) is 44.0 Å². The predicted octanol–water partition coefficient (Wildman–Crippen LogP) is 4.51. The van der Waals surface area contributed by atoms with Crippen LogP contribution in [0.4, 0.5) is 0 Å². The molecule has 1 fully saturated rings. The SMILES string of the molecule is CCNC1(C#N)CCC(Sc2cc(Cl)ccc2Cl)C1. The van der Waals surface area contributed by atoms with Gasteiger partial charge >= 0.3 is 0 Å². The quantitative estimate of drug-likeness (QED) is 0.888. The molecule has 2 nitrogen and oxygen atoms in total. The summed E-state index contributed by atoms with van der Waals surface area (Å²) in [4.78, 5) is 1.00. The van der Waals surface area contributed by atoms with E-state index in [1.165, 1.54) is 0 Å². The molecular formula is C14H16Cl2N2S. The van der Waals surface area contributed by atoms with Gasteiger partial charge in [-0.1, -0.05) is 30.1 Å². The molecular weight excluding hydrogens is 299 g/mol. The van der Waals surface area contributed by atoms with Crippen LogP contribution in [-0.4, -0.2) is 17.3 Å². The van der Waals surface area contributed by atoms with Gasteiger partial charge < -0.3 is 0 Å². The molecule has 0 aromatic heterocycles. The molecule has 1 aliphatic rings. The van der Waals surface area contributed by atoms with Gasteiger partial charge in [-0.25, -0.2) is 0 Å². The Kier molecular flexibility index (Phi) is 5.03. The molecule has 1 N–H and O–H groups in total. The molecule has 1 aliphatic carbocycles. The highest BCUT2D eigenvalue weighted by atomic mass is 35.5. The number of halogens is 2. The Bertz CT molecular complexity index is 501. The Hall–Kier alpha value is -0.400. The molecule has 0 amide bonds. The normalized spacial score (nSPS) is 26.3. The fourth-order valence-electron chi connectivity index (χ4n) is 2.49. The molecule has 5 heteroatoms. The van der Waals surface area contributed by atoms with Gasteiger partial charge in [0, 0.05) is 15.2 Å². The van der Waals surface area contributed by atoms with E-state index in [2.05, 4.69) is 11.4 Å². The average Bonchev–Trinajstić information content (AvgIpc) is 2.78. The van der Waals surface area contributed by atoms with Gasteiger partial charge in [0.05, 0.1) is 11.1 Å². The molecule has 0 aliphatic heterocycles. The lowest BCUT2D eigenvalue weighted by Crippen LogP contribution is -2.41. The number of nitriles is 1. The lowest BCUT2D eigenvalue weighted by atomic mass is 10.0. The first-order valence-corrected chi connectivity index (χ1v) is 8.00. The van der Waals surface area contributed by atoms with E-state index in [-0.39, 0.29) is 5.54 Å². The van der Waals surface area contributed by atoms with E-state index in [0.717, 1.165) is 35.7 Å². The van der Waals surface area contributed by atoms with Crippen molar-refractivity contribution in [2.24, 2.45) is 0 Å². The number of hydrogen-bond donors (Lipinski definition) is 1. The van der Waals surface area contributed by atoms with Crippen LogP contribution in [-0.2, 0) is 0 Å². The number of hydrogen-bond acceptors (Lipinski definition) is 3. The number of thioether (sulfide) groups is 1. The summed E-state index contributed by atoms with van der Waals surface area (Å²) in [5.74, 6) is 0. The number of rotatable bonds is 4. The van der Waals surface area contributed by atoms with Gasteiger partial charge in [-0.3, -0.25) is 5.32 Å². The number of nitrogens with zero attached hydrogens (tertiary/aromatic N) is 1. The summed E-state index contributed by atoms with van der Waals surface area (Å²) in [5, 5.41) is 14.5. The van der Waals surface area contributed by atoms with Crippen LogP contribution in [0.15, 0.2) is 23.1 Å². The first-order chi connectivity index (χ1) is 9.08. The summed E-state index contributed by atoms with van der Waals surface area (Å²) in [7, 11) is 0. The third kappa shape index (κ3) is 3.58. The van der Waals surface area contributed by atoms with E-state index in [1.807, 2.05) is 19.1 Å². The minimum absolute atomic E-state index is 0.364. The highest BCUT2D eigenvalue weighted by Gasteiger charge is 2.39. The molecule has 0 heterocycles. The molecule has 102 valence electrons. The van der Waals surface area contributed by atoms with Gasteiger partial charge in [-0.2, -0.15) is 5.26 Å². The summed E-state index contributed by atoms with van der Waals surface area (Å²) in [6.45, 7) is 2.86. The van der Waals surface area contributed by atoms with E-state index >= 15 is 0 Å². The summed E-state index contributed by atoms with van der Waals surface area (Å²) >= 11 is 13.9. The minimum Gasteiger partial charge on any atom is -0.300 e. The van der Waals surface area contributed by atoms with Crippen LogP contribution in [0.1, 0.15) is 26.2 Å². The van der Waals surface area contributed by atoms with Crippen molar-refractivity contribution in [1.29, 1.82) is 5.26 Å². The van der Waals surface area contributed by atoms with Gasteiger partial charge in [-0.15, -0.1) is 11.8 Å². The first-order valence-electron chi connectivity index (χ1n) is 6.36. The Labute approximate surface area is 128 Å². The van der Waals surface area contributed by atoms with E-state index < -0.39 is 0 Å². The zero-order chi connectivity index (χ0) is 13.9. The number of nitrogens with one attached hydrogen (secondary N) is 1. The van der Waals surface area contributed by atoms with E-state index in [0.29, 0.717) is 10.3 Å². The standard InChI is InChI=1S/C14H16Cl2N2S/c1-2-18-14(9-17)6-5-11(8-14)19-13-7-10(15)3-4-12(13)16/h3-4,7,11,18H,2,5-6,8H2,1H3. The molecule has 2 unspecified atom stereocenters. The van der Waals surface area contributed by atoms with Crippen LogP contribution in [0.2, 0.25) is 10.0 Å². The second-order valence-corrected chi connectivity index (χ2v) is 6.97. The summed E-state index contributed by atoms with van der Waals surface area (Å²) in [6.07, 6.45) is 2.77. The van der Waals surface area contributed by atoms with Crippen LogP contribution in [0.25, 0.3) is 0 Å². The first kappa shape index (κ1) is 15.0. The fraction of sp³-hybridized carbons (Fsp3) is 0.500. The van der Waals surface area contributed by atoms with Crippen molar-refractivity contribution in [3.8, 4) is 6.07 Å². The maximum atomic E-state index is 9.36. The highest BCUT2D eigenvalue weighted by Crippen LogP contribution is 2.42. The molecule has 1 aromatic carbocycles. The molecule has 0 saturated heterocycles. The van der Waals surface area contributed by atoms with Crippen molar-refractivity contribution in [1.82, 2.24) is 5.32 Å². The van der Waals surface area contributed by atoms with Crippen LogP contribution >= 0.6 is 35.0 Å². The lowest BCUT2D eigenvalue weighted by molar-refractivity contribution is 0.436. The number of benzene rings is 1. The maximum Gasteiger partial charge on any atom is 0.107 e. The zero-order valence-electron chi connectivity index (χ0n) is 10.7. The van der Waals surface area contributed by atoms with Gasteiger partial charge in [0.2, 0.25) is 0 Å². The van der Waals surface area contributed by atoms with Crippen molar-refractivity contribution in [3.63, 3.8) is 0 Å². The Morgan fingerprint density at radius 3 is 3.00 bits per heavy atom. The Balaban J connectivity index is 2.06. The zero-order valence-corrected chi connectivity index (χ0v) is 13.1. The summed E-state index contributed by atoms with van der Waals surface area (Å²) < 4.78 is 0. The van der Waals surface area contributed by atoms with Crippen molar-refractivity contribution in [2.75, 3.05) is 6.54 Å². The van der Waals surface area contributed by atoms with Crippen LogP contribution < -0.4 is 5.32 Å². The van der Waals surface area contributed by atoms with Gasteiger partial charge in [0.1, 0.15) is 5.54 Å². The smallest absolute Gasteiger partial charge is 0.107 e. The molecule has 2 rings (SSSR count). The van der Waals surface area contributed by atoms with Crippen LogP contribution in [0, 0.1) is 11.3 Å². The Morgan fingerprint density at radius 1 is 1.53 bits per heavy atom. The lowest BCUT2D eigenvalue weighted by Gasteiger charge is -2.21. The second-order valence-electron chi connectivity index (χ2n) is 4.78. The predicted molar refractivity (Wildman–Crippen MR) is 82.0 cm³/mol. The van der Waals surface area contributed by atoms with E-state index in [4.69, 9.17) is 23.2 Å². The highest BCUT2D eigenvalue weighted by molar-refractivity contribution is 8.00. The molecule has 2 atom stereocenters. The molecule has 0 bridgehead atoms. The van der Waals surface area contributed by atoms with E-state index in [9.17, 15) is 5.26 Å². The van der Waals surface area contributed by atoms with Crippen LogP contribution in [0.5, 0.6) is 0 Å². The third-order valence-corrected chi connectivity index (χ3v) is 5.39. The summed E-state index contributed by atoms with van der Waals surface area (Å²) in [6, 6.07) is 7.95. The topological polar surface area (TPSA) is 35.8 Å². The van der Waals surface area contributed by atoms with Gasteiger partial charge in [0.15, 0.2) is 0 Å². The largest absolute Gasteiger partial charge is 0.300 e. The molecule has 0 radical (unpaired) electrons. The Morgan fingerprint density at radius 2 is 2.32 bits per heavy atom. The molecule has 0 spiro atoms. The molecule has 1 aromatic rings. The monoisotopic (exact) mass is 314 g/mol. The fourth-order valence-corrected chi connectivity index (χ4v) is 4.31. The van der Waals surface area contributed by atoms with Crippen LogP contribution in [0.3, 0.4) is 0 Å². The second kappa shape index (κ2) is 6.37. The van der Waals surface area contributed by atoms with Crippen molar-refractivity contribution >= 4 is 35.0 Å². The summed E-state index contributed by atoms with van der Waals surface area (Å²) in [5.41, 5.74) is -0.364. The molecule has 19 heavy (non-hydrogen) atoms. The third-order valence-electron chi connectivity index (χ3n) is 3.39. The maximum absolute atomic E-state index is 9.36. The average molecular weight is 315 g/mol. The van der Waals surface area contributed by atoms with Crippen molar-refractivity contribution in [2.45, 2.75) is 41.9 Å².